The van der Waals surface area contributed by atoms with Gasteiger partial charge in [0, 0.05) is 51.7 Å². The van der Waals surface area contributed by atoms with E-state index in [4.69, 9.17) is 9.72 Å². The molecule has 1 aromatic rings. The van der Waals surface area contributed by atoms with Gasteiger partial charge in [-0.25, -0.2) is 4.98 Å². The van der Waals surface area contributed by atoms with Gasteiger partial charge >= 0.3 is 5.97 Å². The van der Waals surface area contributed by atoms with Crippen molar-refractivity contribution in [2.24, 2.45) is 5.41 Å². The second-order valence-corrected chi connectivity index (χ2v) is 7.22. The second-order valence-electron chi connectivity index (χ2n) is 7.22. The molecule has 7 heteroatoms. The van der Waals surface area contributed by atoms with Crippen LogP contribution in [0.25, 0.3) is 0 Å². The fraction of sp³-hybridized carbons (Fsp3) is 0.722. The first-order valence-electron chi connectivity index (χ1n) is 9.12. The zero-order valence-electron chi connectivity index (χ0n) is 15.2. The van der Waals surface area contributed by atoms with Gasteiger partial charge in [0.1, 0.15) is 5.82 Å². The van der Waals surface area contributed by atoms with Gasteiger partial charge in [0.2, 0.25) is 5.95 Å². The van der Waals surface area contributed by atoms with E-state index in [2.05, 4.69) is 14.8 Å². The molecular formula is C18H28N4O3. The van der Waals surface area contributed by atoms with Crippen molar-refractivity contribution in [2.75, 3.05) is 49.7 Å². The van der Waals surface area contributed by atoms with E-state index >= 15 is 0 Å². The Morgan fingerprint density at radius 2 is 1.96 bits per heavy atom. The summed E-state index contributed by atoms with van der Waals surface area (Å²) in [5, 5.41) is 9.84. The topological polar surface area (TPSA) is 78.8 Å². The number of rotatable bonds is 6. The lowest BCUT2D eigenvalue weighted by Gasteiger charge is -2.40. The van der Waals surface area contributed by atoms with Crippen molar-refractivity contribution in [3.05, 3.63) is 11.8 Å². The normalized spacial score (nSPS) is 23.9. The highest BCUT2D eigenvalue weighted by Gasteiger charge is 2.42. The lowest BCUT2D eigenvalue weighted by atomic mass is 9.77. The van der Waals surface area contributed by atoms with E-state index < -0.39 is 11.4 Å². The molecule has 2 aliphatic rings. The van der Waals surface area contributed by atoms with E-state index in [0.717, 1.165) is 43.5 Å². The van der Waals surface area contributed by atoms with Crippen LogP contribution < -0.4 is 9.80 Å². The third-order valence-corrected chi connectivity index (χ3v) is 5.36. The number of carboxylic acids is 1. The predicted octanol–water partition coefficient (Wildman–Crippen LogP) is 2.09. The molecule has 0 radical (unpaired) electrons. The van der Waals surface area contributed by atoms with E-state index in [0.29, 0.717) is 26.0 Å². The van der Waals surface area contributed by atoms with Crippen LogP contribution in [0.15, 0.2) is 6.07 Å². The number of methoxy groups -OCH3 is 1. The van der Waals surface area contributed by atoms with Crippen LogP contribution in [0, 0.1) is 12.3 Å². The summed E-state index contributed by atoms with van der Waals surface area (Å²) in [6.45, 7) is 5.73. The first-order valence-corrected chi connectivity index (χ1v) is 9.12. The molecule has 0 bridgehead atoms. The third kappa shape index (κ3) is 3.86. The molecule has 0 aromatic carbocycles. The molecule has 1 atom stereocenters. The fourth-order valence-electron chi connectivity index (χ4n) is 3.87. The Hall–Kier alpha value is -1.89. The average Bonchev–Trinajstić information content (AvgIpc) is 3.14. The van der Waals surface area contributed by atoms with Crippen LogP contribution in [0.2, 0.25) is 0 Å². The number of aliphatic carboxylic acids is 1. The van der Waals surface area contributed by atoms with Crippen LogP contribution >= 0.6 is 0 Å². The number of nitrogens with zero attached hydrogens (tertiary/aromatic N) is 4. The molecule has 7 nitrogen and oxygen atoms in total. The smallest absolute Gasteiger partial charge is 0.311 e. The number of carbonyl (C=O) groups is 1. The Labute approximate surface area is 149 Å². The summed E-state index contributed by atoms with van der Waals surface area (Å²) in [4.78, 5) is 25.7. The van der Waals surface area contributed by atoms with Gasteiger partial charge in [-0.1, -0.05) is 0 Å². The van der Waals surface area contributed by atoms with Crippen LogP contribution in [0.5, 0.6) is 0 Å². The molecule has 1 aromatic heterocycles. The van der Waals surface area contributed by atoms with Gasteiger partial charge < -0.3 is 19.6 Å². The van der Waals surface area contributed by atoms with Gasteiger partial charge in [0.05, 0.1) is 5.41 Å². The molecule has 1 N–H and O–H groups in total. The SMILES string of the molecule is COCC[C@]1(C(=O)O)CCCN(c2cc(C)nc(N3CCCC3)n2)C1. The predicted molar refractivity (Wildman–Crippen MR) is 96.2 cm³/mol. The summed E-state index contributed by atoms with van der Waals surface area (Å²) < 4.78 is 5.15. The van der Waals surface area contributed by atoms with Gasteiger partial charge in [-0.15, -0.1) is 0 Å². The Morgan fingerprint density at radius 3 is 2.64 bits per heavy atom. The monoisotopic (exact) mass is 348 g/mol. The fourth-order valence-corrected chi connectivity index (χ4v) is 3.87. The molecule has 0 aliphatic carbocycles. The Morgan fingerprint density at radius 1 is 1.24 bits per heavy atom. The third-order valence-electron chi connectivity index (χ3n) is 5.36. The number of hydrogen-bond donors (Lipinski definition) is 1. The standard InChI is InChI=1S/C18H28N4O3/c1-14-12-15(20-17(19-14)21-8-3-4-9-21)22-10-5-6-18(13-22,16(23)24)7-11-25-2/h12H,3-11,13H2,1-2H3,(H,23,24)/t18-/m1/s1. The molecule has 3 heterocycles. The summed E-state index contributed by atoms with van der Waals surface area (Å²) in [7, 11) is 1.62. The molecule has 2 aliphatic heterocycles. The van der Waals surface area contributed by atoms with Crippen molar-refractivity contribution in [1.29, 1.82) is 0 Å². The van der Waals surface area contributed by atoms with E-state index in [-0.39, 0.29) is 0 Å². The maximum Gasteiger partial charge on any atom is 0.311 e. The highest BCUT2D eigenvalue weighted by molar-refractivity contribution is 5.76. The first-order chi connectivity index (χ1) is 12.0. The van der Waals surface area contributed by atoms with Crippen molar-refractivity contribution in [2.45, 2.75) is 39.0 Å². The Balaban J connectivity index is 1.84. The van der Waals surface area contributed by atoms with Gasteiger partial charge in [-0.3, -0.25) is 4.79 Å². The Kier molecular flexibility index (Phi) is 5.42. The van der Waals surface area contributed by atoms with Crippen LogP contribution in [0.3, 0.4) is 0 Å². The maximum atomic E-state index is 12.0. The van der Waals surface area contributed by atoms with Gasteiger partial charge in [-0.2, -0.15) is 4.98 Å². The van der Waals surface area contributed by atoms with E-state index in [1.165, 1.54) is 12.8 Å². The number of carboxylic acid groups (broad SMARTS) is 1. The van der Waals surface area contributed by atoms with Crippen molar-refractivity contribution < 1.29 is 14.6 Å². The lowest BCUT2D eigenvalue weighted by molar-refractivity contribution is -0.150. The van der Waals surface area contributed by atoms with Crippen molar-refractivity contribution in [3.8, 4) is 0 Å². The highest BCUT2D eigenvalue weighted by Crippen LogP contribution is 2.36. The minimum Gasteiger partial charge on any atom is -0.481 e. The molecule has 2 saturated heterocycles. The van der Waals surface area contributed by atoms with Crippen LogP contribution in [0.4, 0.5) is 11.8 Å². The van der Waals surface area contributed by atoms with Gasteiger partial charge in [-0.05, 0) is 39.0 Å². The number of aromatic nitrogens is 2. The number of hydrogen-bond acceptors (Lipinski definition) is 6. The van der Waals surface area contributed by atoms with Gasteiger partial charge in [0.25, 0.3) is 0 Å². The minimum atomic E-state index is -0.763. The first kappa shape index (κ1) is 17.9. The summed E-state index contributed by atoms with van der Waals surface area (Å²) in [5.41, 5.74) is 0.163. The van der Waals surface area contributed by atoms with E-state index in [1.807, 2.05) is 13.0 Å². The van der Waals surface area contributed by atoms with Crippen LogP contribution in [0.1, 0.15) is 37.8 Å². The number of piperidine rings is 1. The summed E-state index contributed by atoms with van der Waals surface area (Å²) >= 11 is 0. The lowest BCUT2D eigenvalue weighted by Crippen LogP contribution is -2.49. The Bertz CT molecular complexity index is 618. The zero-order valence-corrected chi connectivity index (χ0v) is 15.2. The summed E-state index contributed by atoms with van der Waals surface area (Å²) in [5.74, 6) is 0.882. The zero-order chi connectivity index (χ0) is 17.9. The number of ether oxygens (including phenoxy) is 1. The number of aryl methyl sites for hydroxylation is 1. The molecule has 0 spiro atoms. The molecule has 138 valence electrons. The van der Waals surface area contributed by atoms with E-state index in [1.54, 1.807) is 7.11 Å². The maximum absolute atomic E-state index is 12.0. The molecule has 0 unspecified atom stereocenters. The quantitative estimate of drug-likeness (QED) is 0.843. The number of anilines is 2. The highest BCUT2D eigenvalue weighted by atomic mass is 16.5. The largest absolute Gasteiger partial charge is 0.481 e. The summed E-state index contributed by atoms with van der Waals surface area (Å²) in [6, 6.07) is 1.97. The van der Waals surface area contributed by atoms with Crippen LogP contribution in [-0.2, 0) is 9.53 Å². The molecule has 0 amide bonds. The van der Waals surface area contributed by atoms with E-state index in [9.17, 15) is 9.90 Å². The van der Waals surface area contributed by atoms with Crippen LogP contribution in [-0.4, -0.2) is 60.9 Å². The van der Waals surface area contributed by atoms with Crippen molar-refractivity contribution in [1.82, 2.24) is 9.97 Å². The molecule has 0 saturated carbocycles. The molecule has 2 fully saturated rings. The summed E-state index contributed by atoms with van der Waals surface area (Å²) in [6.07, 6.45) is 4.41. The van der Waals surface area contributed by atoms with Gasteiger partial charge in [0.15, 0.2) is 0 Å². The molecule has 25 heavy (non-hydrogen) atoms. The molecular weight excluding hydrogens is 320 g/mol. The van der Waals surface area contributed by atoms with Crippen molar-refractivity contribution in [3.63, 3.8) is 0 Å². The second kappa shape index (κ2) is 7.56. The van der Waals surface area contributed by atoms with Crippen molar-refractivity contribution >= 4 is 17.7 Å². The average molecular weight is 348 g/mol. The minimum absolute atomic E-state index is 0.460. The molecule has 3 rings (SSSR count).